The zero-order valence-corrected chi connectivity index (χ0v) is 8.51. The average Bonchev–Trinajstić information content (AvgIpc) is 2.95. The zero-order chi connectivity index (χ0) is 11.1. The van der Waals surface area contributed by atoms with Gasteiger partial charge in [-0.3, -0.25) is 4.98 Å². The van der Waals surface area contributed by atoms with Gasteiger partial charge in [-0.1, -0.05) is 18.2 Å². The molecule has 0 bridgehead atoms. The van der Waals surface area contributed by atoms with Crippen molar-refractivity contribution >= 4 is 17.0 Å². The monoisotopic (exact) mass is 214 g/mol. The SMILES string of the molecule is NC(=O)OCC1c2cc3ccccc3nc21. The number of rotatable bonds is 2. The second-order valence-corrected chi connectivity index (χ2v) is 3.84. The van der Waals surface area contributed by atoms with E-state index in [9.17, 15) is 4.79 Å². The number of carbonyl (C=O) groups excluding carboxylic acids is 1. The largest absolute Gasteiger partial charge is 0.449 e. The zero-order valence-electron chi connectivity index (χ0n) is 8.51. The van der Waals surface area contributed by atoms with Crippen LogP contribution in [0, 0.1) is 0 Å². The third kappa shape index (κ3) is 1.39. The Morgan fingerprint density at radius 3 is 3.06 bits per heavy atom. The molecule has 3 rings (SSSR count). The lowest BCUT2D eigenvalue weighted by molar-refractivity contribution is 0.157. The summed E-state index contributed by atoms with van der Waals surface area (Å²) < 4.78 is 4.77. The Labute approximate surface area is 92.0 Å². The van der Waals surface area contributed by atoms with Gasteiger partial charge in [-0.05, 0) is 17.7 Å². The lowest BCUT2D eigenvalue weighted by Gasteiger charge is -1.96. The van der Waals surface area contributed by atoms with Crippen molar-refractivity contribution in [2.24, 2.45) is 5.73 Å². The molecule has 0 aliphatic heterocycles. The van der Waals surface area contributed by atoms with Crippen LogP contribution in [-0.4, -0.2) is 17.7 Å². The number of nitrogens with zero attached hydrogens (tertiary/aromatic N) is 1. The van der Waals surface area contributed by atoms with Crippen LogP contribution in [0.4, 0.5) is 4.79 Å². The van der Waals surface area contributed by atoms with E-state index < -0.39 is 6.09 Å². The summed E-state index contributed by atoms with van der Waals surface area (Å²) in [6, 6.07) is 10.0. The van der Waals surface area contributed by atoms with Gasteiger partial charge < -0.3 is 10.5 Å². The summed E-state index contributed by atoms with van der Waals surface area (Å²) >= 11 is 0. The first kappa shape index (κ1) is 9.15. The van der Waals surface area contributed by atoms with Crippen LogP contribution in [-0.2, 0) is 4.74 Å². The van der Waals surface area contributed by atoms with Gasteiger partial charge in [-0.15, -0.1) is 0 Å². The van der Waals surface area contributed by atoms with E-state index in [-0.39, 0.29) is 5.92 Å². The molecule has 1 unspecified atom stereocenters. The molecule has 0 fully saturated rings. The fraction of sp³-hybridized carbons (Fsp3) is 0.167. The van der Waals surface area contributed by atoms with Crippen LogP contribution in [0.25, 0.3) is 10.9 Å². The Morgan fingerprint density at radius 2 is 2.25 bits per heavy atom. The minimum absolute atomic E-state index is 0.139. The molecular formula is C12H10N2O2. The Kier molecular flexibility index (Phi) is 1.83. The Bertz CT molecular complexity index is 538. The lowest BCUT2D eigenvalue weighted by atomic mass is 10.2. The van der Waals surface area contributed by atoms with Crippen LogP contribution in [0.2, 0.25) is 0 Å². The Morgan fingerprint density at radius 1 is 1.44 bits per heavy atom. The number of nitrogens with two attached hydrogens (primary N) is 1. The molecule has 4 nitrogen and oxygen atoms in total. The highest BCUT2D eigenvalue weighted by Crippen LogP contribution is 2.43. The quantitative estimate of drug-likeness (QED) is 0.828. The fourth-order valence-corrected chi connectivity index (χ4v) is 1.93. The minimum atomic E-state index is -0.734. The van der Waals surface area contributed by atoms with Gasteiger partial charge in [0, 0.05) is 5.39 Å². The summed E-state index contributed by atoms with van der Waals surface area (Å²) in [6.07, 6.45) is -0.734. The van der Waals surface area contributed by atoms with Crippen LogP contribution in [0.3, 0.4) is 0 Å². The van der Waals surface area contributed by atoms with Crippen LogP contribution in [0.15, 0.2) is 30.3 Å². The molecule has 1 aliphatic carbocycles. The van der Waals surface area contributed by atoms with Crippen LogP contribution in [0.5, 0.6) is 0 Å². The third-order valence-electron chi connectivity index (χ3n) is 2.80. The highest BCUT2D eigenvalue weighted by molar-refractivity contribution is 5.82. The van der Waals surface area contributed by atoms with Crippen molar-refractivity contribution < 1.29 is 9.53 Å². The highest BCUT2D eigenvalue weighted by Gasteiger charge is 2.35. The topological polar surface area (TPSA) is 65.2 Å². The number of benzene rings is 1. The molecule has 0 saturated carbocycles. The maximum atomic E-state index is 10.5. The first-order valence-electron chi connectivity index (χ1n) is 5.07. The van der Waals surface area contributed by atoms with E-state index in [1.807, 2.05) is 24.3 Å². The van der Waals surface area contributed by atoms with Gasteiger partial charge in [-0.2, -0.15) is 0 Å². The van der Waals surface area contributed by atoms with Crippen LogP contribution < -0.4 is 5.73 Å². The summed E-state index contributed by atoms with van der Waals surface area (Å²) in [6.45, 7) is 0.300. The van der Waals surface area contributed by atoms with Crippen molar-refractivity contribution in [3.63, 3.8) is 0 Å². The van der Waals surface area contributed by atoms with E-state index in [1.165, 1.54) is 0 Å². The van der Waals surface area contributed by atoms with Gasteiger partial charge in [0.05, 0.1) is 17.1 Å². The predicted octanol–water partition coefficient (Wildman–Crippen LogP) is 1.78. The second-order valence-electron chi connectivity index (χ2n) is 3.84. The maximum absolute atomic E-state index is 10.5. The predicted molar refractivity (Wildman–Crippen MR) is 59.1 cm³/mol. The summed E-state index contributed by atoms with van der Waals surface area (Å²) in [4.78, 5) is 15.0. The number of carbonyl (C=O) groups is 1. The van der Waals surface area contributed by atoms with Crippen molar-refractivity contribution in [3.8, 4) is 0 Å². The molecular weight excluding hydrogens is 204 g/mol. The third-order valence-corrected chi connectivity index (χ3v) is 2.80. The lowest BCUT2D eigenvalue weighted by Crippen LogP contribution is -2.14. The standard InChI is InChI=1S/C12H10N2O2/c13-12(15)16-6-9-8-5-7-3-1-2-4-10(7)14-11(8)9/h1-5,9H,6H2,(H2,13,15). The van der Waals surface area contributed by atoms with Gasteiger partial charge in [0.1, 0.15) is 6.61 Å². The highest BCUT2D eigenvalue weighted by atomic mass is 16.5. The Hall–Kier alpha value is -2.10. The second kappa shape index (κ2) is 3.20. The molecule has 0 radical (unpaired) electrons. The molecule has 80 valence electrons. The van der Waals surface area contributed by atoms with Crippen molar-refractivity contribution in [2.75, 3.05) is 6.61 Å². The summed E-state index contributed by atoms with van der Waals surface area (Å²) in [7, 11) is 0. The Balaban J connectivity index is 1.88. The molecule has 4 heteroatoms. The molecule has 1 aromatic carbocycles. The molecule has 1 aromatic heterocycles. The number of amides is 1. The smallest absolute Gasteiger partial charge is 0.404 e. The molecule has 2 aromatic rings. The molecule has 0 spiro atoms. The minimum Gasteiger partial charge on any atom is -0.449 e. The summed E-state index contributed by atoms with van der Waals surface area (Å²) in [5, 5.41) is 1.11. The number of ether oxygens (including phenoxy) is 1. The van der Waals surface area contributed by atoms with Crippen molar-refractivity contribution in [1.29, 1.82) is 0 Å². The molecule has 16 heavy (non-hydrogen) atoms. The first-order chi connectivity index (χ1) is 7.75. The number of hydrogen-bond donors (Lipinski definition) is 1. The first-order valence-corrected chi connectivity index (χ1v) is 5.07. The van der Waals surface area contributed by atoms with E-state index in [2.05, 4.69) is 11.1 Å². The van der Waals surface area contributed by atoms with E-state index in [4.69, 9.17) is 10.5 Å². The number of pyridine rings is 1. The number of primary amides is 1. The molecule has 1 aliphatic rings. The van der Waals surface area contributed by atoms with Crippen molar-refractivity contribution in [1.82, 2.24) is 4.98 Å². The van der Waals surface area contributed by atoms with Gasteiger partial charge in [-0.25, -0.2) is 4.79 Å². The molecule has 1 atom stereocenters. The summed E-state index contributed by atoms with van der Waals surface area (Å²) in [5.74, 6) is 0.139. The van der Waals surface area contributed by atoms with E-state index >= 15 is 0 Å². The normalized spacial score (nSPS) is 16.9. The molecule has 1 heterocycles. The van der Waals surface area contributed by atoms with Crippen molar-refractivity contribution in [3.05, 3.63) is 41.6 Å². The molecule has 1 amide bonds. The average molecular weight is 214 g/mol. The van der Waals surface area contributed by atoms with Gasteiger partial charge in [0.25, 0.3) is 0 Å². The number of aromatic nitrogens is 1. The summed E-state index contributed by atoms with van der Waals surface area (Å²) in [5.41, 5.74) is 8.06. The van der Waals surface area contributed by atoms with Crippen LogP contribution in [0.1, 0.15) is 17.2 Å². The van der Waals surface area contributed by atoms with E-state index in [0.29, 0.717) is 6.61 Å². The van der Waals surface area contributed by atoms with Gasteiger partial charge >= 0.3 is 6.09 Å². The number of para-hydroxylation sites is 1. The van der Waals surface area contributed by atoms with E-state index in [0.717, 1.165) is 22.2 Å². The number of fused-ring (bicyclic) bond motifs is 2. The molecule has 0 saturated heterocycles. The maximum Gasteiger partial charge on any atom is 0.404 e. The van der Waals surface area contributed by atoms with Gasteiger partial charge in [0.2, 0.25) is 0 Å². The van der Waals surface area contributed by atoms with Crippen LogP contribution >= 0.6 is 0 Å². The molecule has 2 N–H and O–H groups in total. The van der Waals surface area contributed by atoms with Gasteiger partial charge in [0.15, 0.2) is 0 Å². The van der Waals surface area contributed by atoms with Crippen molar-refractivity contribution in [2.45, 2.75) is 5.92 Å². The van der Waals surface area contributed by atoms with E-state index in [1.54, 1.807) is 0 Å². The fourth-order valence-electron chi connectivity index (χ4n) is 1.93. The number of hydrogen-bond acceptors (Lipinski definition) is 3.